The Morgan fingerprint density at radius 3 is 2.35 bits per heavy atom. The molecule has 17 heavy (non-hydrogen) atoms. The Labute approximate surface area is 105 Å². The largest absolute Gasteiger partial charge is 0.386 e. The van der Waals surface area contributed by atoms with Crippen molar-refractivity contribution >= 4 is 0 Å². The lowest BCUT2D eigenvalue weighted by molar-refractivity contribution is -0.136. The molecule has 3 heteroatoms. The molecule has 1 saturated heterocycles. The predicted molar refractivity (Wildman–Crippen MR) is 68.7 cm³/mol. The van der Waals surface area contributed by atoms with E-state index in [2.05, 4.69) is 6.92 Å². The molecular formula is C14H27NO2. The van der Waals surface area contributed by atoms with Crippen LogP contribution in [0, 0.1) is 11.3 Å². The van der Waals surface area contributed by atoms with Crippen LogP contribution in [-0.4, -0.2) is 30.0 Å². The van der Waals surface area contributed by atoms with Crippen LogP contribution in [0.25, 0.3) is 0 Å². The maximum absolute atomic E-state index is 11.0. The summed E-state index contributed by atoms with van der Waals surface area (Å²) in [6.45, 7) is 5.52. The lowest BCUT2D eigenvalue weighted by Gasteiger charge is -2.50. The van der Waals surface area contributed by atoms with E-state index in [-0.39, 0.29) is 11.5 Å². The number of aliphatic hydroxyl groups is 1. The Morgan fingerprint density at radius 2 is 1.94 bits per heavy atom. The Balaban J connectivity index is 2.15. The third-order valence-electron chi connectivity index (χ3n) is 5.47. The lowest BCUT2D eigenvalue weighted by atomic mass is 9.59. The van der Waals surface area contributed by atoms with Gasteiger partial charge >= 0.3 is 0 Å². The van der Waals surface area contributed by atoms with Gasteiger partial charge in [0.25, 0.3) is 0 Å². The highest BCUT2D eigenvalue weighted by Crippen LogP contribution is 2.51. The Bertz CT molecular complexity index is 261. The summed E-state index contributed by atoms with van der Waals surface area (Å²) in [6, 6.07) is 0. The molecule has 2 unspecified atom stereocenters. The second-order valence-corrected chi connectivity index (χ2v) is 6.02. The minimum absolute atomic E-state index is 0.0655. The molecule has 2 rings (SSSR count). The molecule has 0 aromatic heterocycles. The first-order valence-electron chi connectivity index (χ1n) is 7.12. The summed E-state index contributed by atoms with van der Waals surface area (Å²) in [5.74, 6) is 0.830. The van der Waals surface area contributed by atoms with E-state index >= 15 is 0 Å². The minimum atomic E-state index is -0.694. The average Bonchev–Trinajstić information content (AvgIpc) is 2.71. The van der Waals surface area contributed by atoms with Crippen LogP contribution < -0.4 is 5.73 Å². The first-order chi connectivity index (χ1) is 8.08. The van der Waals surface area contributed by atoms with Crippen molar-refractivity contribution in [3.05, 3.63) is 0 Å². The Kier molecular flexibility index (Phi) is 3.81. The molecule has 1 heterocycles. The molecule has 3 nitrogen and oxygen atoms in total. The van der Waals surface area contributed by atoms with E-state index in [1.54, 1.807) is 0 Å². The SMILES string of the molecule is CCC1CCC(CN)(C2(O)CCOC2C)CC1. The van der Waals surface area contributed by atoms with Gasteiger partial charge in [0, 0.05) is 25.0 Å². The van der Waals surface area contributed by atoms with Gasteiger partial charge in [-0.15, -0.1) is 0 Å². The fraction of sp³-hybridized carbons (Fsp3) is 1.00. The summed E-state index contributed by atoms with van der Waals surface area (Å²) < 4.78 is 5.60. The normalized spacial score (nSPS) is 47.3. The molecule has 3 N–H and O–H groups in total. The number of rotatable bonds is 3. The zero-order chi connectivity index (χ0) is 12.5. The van der Waals surface area contributed by atoms with Gasteiger partial charge in [-0.1, -0.05) is 13.3 Å². The standard InChI is InChI=1S/C14H27NO2/c1-3-12-4-6-13(10-15,7-5-12)14(16)8-9-17-11(14)2/h11-12,16H,3-10,15H2,1-2H3. The van der Waals surface area contributed by atoms with Crippen molar-refractivity contribution in [2.24, 2.45) is 17.1 Å². The average molecular weight is 241 g/mol. The Morgan fingerprint density at radius 1 is 1.29 bits per heavy atom. The molecule has 0 bridgehead atoms. The molecule has 2 atom stereocenters. The molecule has 100 valence electrons. The highest BCUT2D eigenvalue weighted by atomic mass is 16.5. The van der Waals surface area contributed by atoms with Gasteiger partial charge in [-0.3, -0.25) is 0 Å². The summed E-state index contributed by atoms with van der Waals surface area (Å²) >= 11 is 0. The number of ether oxygens (including phenoxy) is 1. The van der Waals surface area contributed by atoms with Crippen molar-refractivity contribution in [3.63, 3.8) is 0 Å². The van der Waals surface area contributed by atoms with Gasteiger partial charge in [-0.2, -0.15) is 0 Å². The maximum Gasteiger partial charge on any atom is 0.0995 e. The van der Waals surface area contributed by atoms with Crippen molar-refractivity contribution in [2.45, 2.75) is 64.1 Å². The highest BCUT2D eigenvalue weighted by Gasteiger charge is 2.56. The van der Waals surface area contributed by atoms with Gasteiger partial charge in [0.1, 0.15) is 0 Å². The third-order valence-corrected chi connectivity index (χ3v) is 5.47. The van der Waals surface area contributed by atoms with Crippen molar-refractivity contribution in [1.82, 2.24) is 0 Å². The number of hydrogen-bond donors (Lipinski definition) is 2. The monoisotopic (exact) mass is 241 g/mol. The molecule has 2 aliphatic rings. The van der Waals surface area contributed by atoms with Crippen LogP contribution >= 0.6 is 0 Å². The highest BCUT2D eigenvalue weighted by molar-refractivity contribution is 5.07. The molecule has 1 saturated carbocycles. The van der Waals surface area contributed by atoms with Crippen LogP contribution in [0.15, 0.2) is 0 Å². The summed E-state index contributed by atoms with van der Waals surface area (Å²) in [5.41, 5.74) is 5.24. The predicted octanol–water partition coefficient (Wildman–Crippen LogP) is 2.07. The van der Waals surface area contributed by atoms with Crippen molar-refractivity contribution < 1.29 is 9.84 Å². The summed E-state index contributed by atoms with van der Waals surface area (Å²) in [5, 5.41) is 11.0. The molecule has 1 aliphatic carbocycles. The molecular weight excluding hydrogens is 214 g/mol. The molecule has 0 amide bonds. The second kappa shape index (κ2) is 4.87. The van der Waals surface area contributed by atoms with Crippen LogP contribution in [0.4, 0.5) is 0 Å². The van der Waals surface area contributed by atoms with E-state index in [0.717, 1.165) is 25.2 Å². The van der Waals surface area contributed by atoms with Gasteiger partial charge in [0.05, 0.1) is 11.7 Å². The van der Waals surface area contributed by atoms with Gasteiger partial charge in [-0.05, 0) is 38.5 Å². The van der Waals surface area contributed by atoms with Gasteiger partial charge in [-0.25, -0.2) is 0 Å². The molecule has 1 aliphatic heterocycles. The Hall–Kier alpha value is -0.120. The molecule has 0 aromatic rings. The lowest BCUT2D eigenvalue weighted by Crippen LogP contribution is -2.57. The summed E-state index contributed by atoms with van der Waals surface area (Å²) in [4.78, 5) is 0. The first kappa shape index (κ1) is 13.3. The minimum Gasteiger partial charge on any atom is -0.386 e. The third kappa shape index (κ3) is 2.02. The van der Waals surface area contributed by atoms with Gasteiger partial charge in [0.15, 0.2) is 0 Å². The van der Waals surface area contributed by atoms with Crippen molar-refractivity contribution in [3.8, 4) is 0 Å². The zero-order valence-electron chi connectivity index (χ0n) is 11.2. The number of hydrogen-bond acceptors (Lipinski definition) is 3. The van der Waals surface area contributed by atoms with E-state index in [0.29, 0.717) is 13.2 Å². The van der Waals surface area contributed by atoms with Crippen LogP contribution in [0.5, 0.6) is 0 Å². The van der Waals surface area contributed by atoms with Crippen molar-refractivity contribution in [1.29, 1.82) is 0 Å². The first-order valence-corrected chi connectivity index (χ1v) is 7.12. The van der Waals surface area contributed by atoms with Crippen LogP contribution in [0.2, 0.25) is 0 Å². The second-order valence-electron chi connectivity index (χ2n) is 6.02. The number of nitrogens with two attached hydrogens (primary N) is 1. The topological polar surface area (TPSA) is 55.5 Å². The quantitative estimate of drug-likeness (QED) is 0.795. The van der Waals surface area contributed by atoms with Gasteiger partial charge < -0.3 is 15.6 Å². The van der Waals surface area contributed by atoms with Crippen LogP contribution in [-0.2, 0) is 4.74 Å². The van der Waals surface area contributed by atoms with Crippen molar-refractivity contribution in [2.75, 3.05) is 13.2 Å². The molecule has 2 fully saturated rings. The van der Waals surface area contributed by atoms with E-state index < -0.39 is 5.60 Å². The maximum atomic E-state index is 11.0. The van der Waals surface area contributed by atoms with E-state index in [4.69, 9.17) is 10.5 Å². The van der Waals surface area contributed by atoms with Crippen LogP contribution in [0.3, 0.4) is 0 Å². The van der Waals surface area contributed by atoms with E-state index in [1.165, 1.54) is 19.3 Å². The van der Waals surface area contributed by atoms with E-state index in [1.807, 2.05) is 6.92 Å². The van der Waals surface area contributed by atoms with Gasteiger partial charge in [0.2, 0.25) is 0 Å². The zero-order valence-corrected chi connectivity index (χ0v) is 11.2. The van der Waals surface area contributed by atoms with E-state index in [9.17, 15) is 5.11 Å². The molecule has 0 aromatic carbocycles. The molecule has 0 spiro atoms. The smallest absolute Gasteiger partial charge is 0.0995 e. The summed E-state index contributed by atoms with van der Waals surface area (Å²) in [7, 11) is 0. The fourth-order valence-electron chi connectivity index (χ4n) is 3.88. The van der Waals surface area contributed by atoms with Crippen LogP contribution in [0.1, 0.15) is 52.4 Å². The molecule has 0 radical (unpaired) electrons. The fourth-order valence-corrected chi connectivity index (χ4v) is 3.88. The summed E-state index contributed by atoms with van der Waals surface area (Å²) in [6.07, 6.45) is 6.49.